The summed E-state index contributed by atoms with van der Waals surface area (Å²) in [5.41, 5.74) is 2.67. The summed E-state index contributed by atoms with van der Waals surface area (Å²) >= 11 is 0. The maximum Gasteiger partial charge on any atom is 0.281 e. The number of aromatic amines is 1. The molecule has 0 aliphatic carbocycles. The first kappa shape index (κ1) is 13.9. The number of hydrogen-bond acceptors (Lipinski definition) is 6. The van der Waals surface area contributed by atoms with E-state index in [4.69, 9.17) is 4.84 Å². The molecule has 22 heavy (non-hydrogen) atoms. The van der Waals surface area contributed by atoms with Crippen LogP contribution in [0.2, 0.25) is 0 Å². The van der Waals surface area contributed by atoms with Crippen LogP contribution in [0.25, 0.3) is 16.9 Å². The average molecular weight is 298 g/mol. The van der Waals surface area contributed by atoms with E-state index in [1.807, 2.05) is 31.2 Å². The van der Waals surface area contributed by atoms with Crippen molar-refractivity contribution in [3.63, 3.8) is 0 Å². The fraction of sp³-hybridized carbons (Fsp3) is 0.214. The summed E-state index contributed by atoms with van der Waals surface area (Å²) in [5.74, 6) is 0.509. The van der Waals surface area contributed by atoms with Crippen molar-refractivity contribution < 1.29 is 4.84 Å². The topological polar surface area (TPSA) is 98.0 Å². The first-order valence-corrected chi connectivity index (χ1v) is 6.61. The third kappa shape index (κ3) is 2.34. The standard InChI is InChI=1S/C14H14N6O2/c1-8(18-22-3)10-5-4-6-11(7-10)20-13-12(17-19-20)14(21)16-9(2)15-13/h4-7H,1-3H3,(H,15,16,21)/b18-8+. The smallest absolute Gasteiger partial charge is 0.281 e. The largest absolute Gasteiger partial charge is 0.399 e. The number of hydrogen-bond donors (Lipinski definition) is 1. The van der Waals surface area contributed by atoms with E-state index in [1.165, 1.54) is 11.8 Å². The van der Waals surface area contributed by atoms with Gasteiger partial charge < -0.3 is 9.82 Å². The van der Waals surface area contributed by atoms with E-state index >= 15 is 0 Å². The monoisotopic (exact) mass is 298 g/mol. The van der Waals surface area contributed by atoms with Crippen LogP contribution in [0.1, 0.15) is 18.3 Å². The highest BCUT2D eigenvalue weighted by Crippen LogP contribution is 2.14. The third-order valence-corrected chi connectivity index (χ3v) is 3.17. The molecule has 3 aromatic rings. The predicted molar refractivity (Wildman–Crippen MR) is 81.2 cm³/mol. The van der Waals surface area contributed by atoms with Crippen LogP contribution < -0.4 is 5.56 Å². The number of rotatable bonds is 3. The van der Waals surface area contributed by atoms with Gasteiger partial charge in [0.2, 0.25) is 0 Å². The predicted octanol–water partition coefficient (Wildman–Crippen LogP) is 1.18. The molecule has 0 bridgehead atoms. The quantitative estimate of drug-likeness (QED) is 0.578. The molecule has 8 nitrogen and oxygen atoms in total. The minimum atomic E-state index is -0.304. The van der Waals surface area contributed by atoms with Gasteiger partial charge >= 0.3 is 0 Å². The molecule has 8 heteroatoms. The molecule has 0 radical (unpaired) electrons. The Kier molecular flexibility index (Phi) is 3.42. The van der Waals surface area contributed by atoms with Crippen molar-refractivity contribution in [3.05, 3.63) is 46.0 Å². The van der Waals surface area contributed by atoms with Crippen LogP contribution in [-0.4, -0.2) is 37.8 Å². The van der Waals surface area contributed by atoms with Gasteiger partial charge in [0.05, 0.1) is 11.4 Å². The van der Waals surface area contributed by atoms with Crippen LogP contribution in [0.4, 0.5) is 0 Å². The summed E-state index contributed by atoms with van der Waals surface area (Å²) in [5, 5.41) is 11.8. The van der Waals surface area contributed by atoms with Gasteiger partial charge in [-0.3, -0.25) is 4.79 Å². The SMILES string of the molecule is CO/N=C(\C)c1cccc(-n2nnc3c(=O)[nH]c(C)nc32)c1. The summed E-state index contributed by atoms with van der Waals surface area (Å²) in [6.45, 7) is 3.55. The number of oxime groups is 1. The minimum Gasteiger partial charge on any atom is -0.399 e. The van der Waals surface area contributed by atoms with Crippen LogP contribution in [-0.2, 0) is 4.84 Å². The van der Waals surface area contributed by atoms with Gasteiger partial charge in [0.25, 0.3) is 5.56 Å². The van der Waals surface area contributed by atoms with Crippen molar-refractivity contribution in [1.29, 1.82) is 0 Å². The number of aromatic nitrogens is 5. The number of H-pyrrole nitrogens is 1. The second-order valence-electron chi connectivity index (χ2n) is 4.73. The Balaban J connectivity index is 2.18. The molecular weight excluding hydrogens is 284 g/mol. The molecule has 0 amide bonds. The number of fused-ring (bicyclic) bond motifs is 1. The highest BCUT2D eigenvalue weighted by atomic mass is 16.6. The van der Waals surface area contributed by atoms with Crippen molar-refractivity contribution in [2.45, 2.75) is 13.8 Å². The molecule has 1 aromatic carbocycles. The fourth-order valence-corrected chi connectivity index (χ4v) is 2.16. The van der Waals surface area contributed by atoms with Gasteiger partial charge in [0.1, 0.15) is 12.9 Å². The summed E-state index contributed by atoms with van der Waals surface area (Å²) < 4.78 is 1.53. The lowest BCUT2D eigenvalue weighted by molar-refractivity contribution is 0.213. The zero-order valence-electron chi connectivity index (χ0n) is 12.4. The maximum atomic E-state index is 11.9. The van der Waals surface area contributed by atoms with Crippen molar-refractivity contribution in [2.75, 3.05) is 7.11 Å². The molecule has 0 atom stereocenters. The van der Waals surface area contributed by atoms with E-state index in [2.05, 4.69) is 25.4 Å². The highest BCUT2D eigenvalue weighted by Gasteiger charge is 2.12. The number of nitrogens with one attached hydrogen (secondary N) is 1. The molecule has 3 rings (SSSR count). The molecule has 1 N–H and O–H groups in total. The van der Waals surface area contributed by atoms with Gasteiger partial charge in [-0.05, 0) is 26.0 Å². The van der Waals surface area contributed by atoms with E-state index < -0.39 is 0 Å². The second kappa shape index (κ2) is 5.40. The Morgan fingerprint density at radius 3 is 3.00 bits per heavy atom. The lowest BCUT2D eigenvalue weighted by atomic mass is 10.1. The van der Waals surface area contributed by atoms with Crippen molar-refractivity contribution in [2.24, 2.45) is 5.16 Å². The summed E-state index contributed by atoms with van der Waals surface area (Å²) in [7, 11) is 1.50. The van der Waals surface area contributed by atoms with Gasteiger partial charge in [-0.25, -0.2) is 4.98 Å². The van der Waals surface area contributed by atoms with E-state index in [9.17, 15) is 4.79 Å². The molecule has 0 spiro atoms. The first-order chi connectivity index (χ1) is 10.6. The minimum absolute atomic E-state index is 0.207. The molecule has 0 unspecified atom stereocenters. The maximum absolute atomic E-state index is 11.9. The van der Waals surface area contributed by atoms with Crippen LogP contribution in [0.5, 0.6) is 0 Å². The number of benzene rings is 1. The van der Waals surface area contributed by atoms with Crippen LogP contribution in [0.3, 0.4) is 0 Å². The molecular formula is C14H14N6O2. The molecule has 2 aromatic heterocycles. The van der Waals surface area contributed by atoms with Gasteiger partial charge in [-0.1, -0.05) is 22.5 Å². The van der Waals surface area contributed by atoms with E-state index in [1.54, 1.807) is 6.92 Å². The van der Waals surface area contributed by atoms with Crippen molar-refractivity contribution in [3.8, 4) is 5.69 Å². The normalized spacial score (nSPS) is 11.9. The summed E-state index contributed by atoms with van der Waals surface area (Å²) in [4.78, 5) is 23.6. The summed E-state index contributed by atoms with van der Waals surface area (Å²) in [6.07, 6.45) is 0. The molecule has 0 fully saturated rings. The van der Waals surface area contributed by atoms with Gasteiger partial charge in [0.15, 0.2) is 11.2 Å². The molecule has 0 saturated heterocycles. The highest BCUT2D eigenvalue weighted by molar-refractivity contribution is 5.98. The Bertz CT molecular complexity index is 924. The Morgan fingerprint density at radius 1 is 1.41 bits per heavy atom. The Morgan fingerprint density at radius 2 is 2.23 bits per heavy atom. The molecule has 0 aliphatic heterocycles. The van der Waals surface area contributed by atoms with Crippen molar-refractivity contribution >= 4 is 16.9 Å². The third-order valence-electron chi connectivity index (χ3n) is 3.17. The number of aryl methyl sites for hydroxylation is 1. The second-order valence-corrected chi connectivity index (χ2v) is 4.73. The zero-order valence-corrected chi connectivity index (χ0v) is 12.4. The lowest BCUT2D eigenvalue weighted by Crippen LogP contribution is -2.10. The Labute approximate surface area is 125 Å². The first-order valence-electron chi connectivity index (χ1n) is 6.61. The van der Waals surface area contributed by atoms with E-state index in [0.29, 0.717) is 11.5 Å². The van der Waals surface area contributed by atoms with Gasteiger partial charge in [-0.15, -0.1) is 5.10 Å². The summed E-state index contributed by atoms with van der Waals surface area (Å²) in [6, 6.07) is 7.51. The van der Waals surface area contributed by atoms with Gasteiger partial charge in [-0.2, -0.15) is 4.68 Å². The van der Waals surface area contributed by atoms with Crippen LogP contribution in [0, 0.1) is 6.92 Å². The number of nitrogens with zero attached hydrogens (tertiary/aromatic N) is 5. The molecule has 2 heterocycles. The van der Waals surface area contributed by atoms with E-state index in [0.717, 1.165) is 17.0 Å². The molecule has 0 aliphatic rings. The van der Waals surface area contributed by atoms with Crippen molar-refractivity contribution in [1.82, 2.24) is 25.0 Å². The van der Waals surface area contributed by atoms with Crippen LogP contribution in [0.15, 0.2) is 34.2 Å². The zero-order chi connectivity index (χ0) is 15.7. The van der Waals surface area contributed by atoms with E-state index in [-0.39, 0.29) is 11.1 Å². The van der Waals surface area contributed by atoms with Gasteiger partial charge in [0, 0.05) is 5.56 Å². The Hall–Kier alpha value is -3.03. The fourth-order valence-electron chi connectivity index (χ4n) is 2.16. The average Bonchev–Trinajstić information content (AvgIpc) is 2.91. The lowest BCUT2D eigenvalue weighted by Gasteiger charge is -2.05. The van der Waals surface area contributed by atoms with Crippen LogP contribution >= 0.6 is 0 Å². The molecule has 0 saturated carbocycles. The molecule has 112 valence electrons.